The number of aromatic nitrogens is 2. The smallest absolute Gasteiger partial charge is 0.294 e. The largest absolute Gasteiger partial charge is 0.348 e. The average Bonchev–Trinajstić information content (AvgIpc) is 3.12. The first-order valence-electron chi connectivity index (χ1n) is 7.51. The Kier molecular flexibility index (Phi) is 4.11. The van der Waals surface area contributed by atoms with Crippen LogP contribution in [-0.2, 0) is 24.7 Å². The fraction of sp³-hybridized carbons (Fsp3) is 0.438. The molecule has 1 N–H and O–H groups in total. The van der Waals surface area contributed by atoms with Gasteiger partial charge < -0.3 is 9.88 Å². The van der Waals surface area contributed by atoms with E-state index in [0.29, 0.717) is 5.69 Å². The molecule has 1 aliphatic carbocycles. The molecular weight excluding hydrogens is 298 g/mol. The molecule has 0 bridgehead atoms. The molecule has 1 aliphatic rings. The zero-order valence-electron chi connectivity index (χ0n) is 12.8. The maximum atomic E-state index is 12.1. The highest BCUT2D eigenvalue weighted by molar-refractivity contribution is 7.11. The third kappa shape index (κ3) is 2.83. The molecule has 2 aromatic rings. The van der Waals surface area contributed by atoms with Gasteiger partial charge in [-0.2, -0.15) is 0 Å². The Morgan fingerprint density at radius 3 is 2.82 bits per heavy atom. The maximum absolute atomic E-state index is 12.1. The molecule has 0 fully saturated rings. The molecule has 116 valence electrons. The third-order valence-corrected chi connectivity index (χ3v) is 5.30. The summed E-state index contributed by atoms with van der Waals surface area (Å²) in [4.78, 5) is 30.2. The van der Waals surface area contributed by atoms with Crippen LogP contribution >= 0.6 is 11.3 Å². The molecule has 22 heavy (non-hydrogen) atoms. The van der Waals surface area contributed by atoms with Gasteiger partial charge in [-0.05, 0) is 44.7 Å². The van der Waals surface area contributed by atoms with Crippen LogP contribution in [0.4, 0.5) is 0 Å². The molecule has 0 saturated carbocycles. The van der Waals surface area contributed by atoms with Gasteiger partial charge in [0, 0.05) is 18.1 Å². The molecule has 6 heteroatoms. The summed E-state index contributed by atoms with van der Waals surface area (Å²) in [6, 6.07) is 3.15. The van der Waals surface area contributed by atoms with Crippen molar-refractivity contribution in [1.29, 1.82) is 0 Å². The summed E-state index contributed by atoms with van der Waals surface area (Å²) in [5.41, 5.74) is 1.56. The van der Waals surface area contributed by atoms with E-state index in [0.717, 1.165) is 17.8 Å². The number of hydrogen-bond donors (Lipinski definition) is 1. The predicted molar refractivity (Wildman–Crippen MR) is 85.1 cm³/mol. The van der Waals surface area contributed by atoms with Crippen molar-refractivity contribution in [2.75, 3.05) is 0 Å². The van der Waals surface area contributed by atoms with Crippen LogP contribution in [0, 0.1) is 0 Å². The predicted octanol–water partition coefficient (Wildman–Crippen LogP) is 2.42. The van der Waals surface area contributed by atoms with Gasteiger partial charge in [0.05, 0.1) is 17.4 Å². The van der Waals surface area contributed by atoms with E-state index in [2.05, 4.69) is 10.3 Å². The number of ketones is 1. The van der Waals surface area contributed by atoms with Crippen LogP contribution in [0.3, 0.4) is 0 Å². The first kappa shape index (κ1) is 15.0. The molecule has 0 spiro atoms. The SMILES string of the molecule is C[C@H](NC(=O)C(=O)c1cccn1C)c1nc2c(s1)CCCC2. The molecular formula is C16H19N3O2S. The summed E-state index contributed by atoms with van der Waals surface area (Å²) in [7, 11) is 1.75. The van der Waals surface area contributed by atoms with Crippen LogP contribution < -0.4 is 5.32 Å². The lowest BCUT2D eigenvalue weighted by Crippen LogP contribution is -2.34. The monoisotopic (exact) mass is 317 g/mol. The van der Waals surface area contributed by atoms with Gasteiger partial charge in [-0.1, -0.05) is 0 Å². The van der Waals surface area contributed by atoms with E-state index in [4.69, 9.17) is 0 Å². The van der Waals surface area contributed by atoms with Crippen LogP contribution in [0.25, 0.3) is 0 Å². The van der Waals surface area contributed by atoms with Crippen LogP contribution in [0.1, 0.15) is 51.9 Å². The van der Waals surface area contributed by atoms with Crippen molar-refractivity contribution in [3.8, 4) is 0 Å². The van der Waals surface area contributed by atoms with Crippen LogP contribution in [0.15, 0.2) is 18.3 Å². The summed E-state index contributed by atoms with van der Waals surface area (Å²) in [5.74, 6) is -1.09. The van der Waals surface area contributed by atoms with E-state index in [1.54, 1.807) is 41.3 Å². The van der Waals surface area contributed by atoms with Crippen LogP contribution in [0.2, 0.25) is 0 Å². The van der Waals surface area contributed by atoms with Gasteiger partial charge in [-0.25, -0.2) is 4.98 Å². The van der Waals surface area contributed by atoms with Crippen molar-refractivity contribution >= 4 is 23.0 Å². The second kappa shape index (κ2) is 6.04. The number of rotatable bonds is 4. The van der Waals surface area contributed by atoms with Gasteiger partial charge in [0.25, 0.3) is 11.7 Å². The molecule has 0 unspecified atom stereocenters. The highest BCUT2D eigenvalue weighted by atomic mass is 32.1. The zero-order chi connectivity index (χ0) is 15.7. The summed E-state index contributed by atoms with van der Waals surface area (Å²) < 4.78 is 1.65. The van der Waals surface area contributed by atoms with Gasteiger partial charge >= 0.3 is 0 Å². The highest BCUT2D eigenvalue weighted by Gasteiger charge is 2.23. The standard InChI is InChI=1S/C16H19N3O2S/c1-10(16-18-11-6-3-4-8-13(11)22-16)17-15(21)14(20)12-7-5-9-19(12)2/h5,7,9-10H,3-4,6,8H2,1-2H3,(H,17,21)/t10-/m0/s1. The summed E-state index contributed by atoms with van der Waals surface area (Å²) in [6.07, 6.45) is 6.24. The number of carbonyl (C=O) groups excluding carboxylic acids is 2. The van der Waals surface area contributed by atoms with Gasteiger partial charge in [0.1, 0.15) is 5.01 Å². The number of carbonyl (C=O) groups is 2. The lowest BCUT2D eigenvalue weighted by atomic mass is 10.0. The van der Waals surface area contributed by atoms with E-state index in [1.807, 2.05) is 6.92 Å². The number of nitrogens with one attached hydrogen (secondary N) is 1. The van der Waals surface area contributed by atoms with Crippen molar-refractivity contribution in [2.24, 2.45) is 7.05 Å². The number of thiazole rings is 1. The Labute approximate surface area is 133 Å². The van der Waals surface area contributed by atoms with Gasteiger partial charge in [-0.3, -0.25) is 9.59 Å². The Hall–Kier alpha value is -1.95. The van der Waals surface area contributed by atoms with Gasteiger partial charge in [0.15, 0.2) is 0 Å². The van der Waals surface area contributed by atoms with Crippen molar-refractivity contribution in [3.05, 3.63) is 39.6 Å². The van der Waals surface area contributed by atoms with E-state index in [1.165, 1.54) is 23.4 Å². The fourth-order valence-electron chi connectivity index (χ4n) is 2.69. The van der Waals surface area contributed by atoms with E-state index in [-0.39, 0.29) is 6.04 Å². The topological polar surface area (TPSA) is 64.0 Å². The molecule has 1 amide bonds. The highest BCUT2D eigenvalue weighted by Crippen LogP contribution is 2.29. The normalized spacial score (nSPS) is 15.2. The number of fused-ring (bicyclic) bond motifs is 1. The minimum Gasteiger partial charge on any atom is -0.348 e. The molecule has 0 radical (unpaired) electrons. The molecule has 5 nitrogen and oxygen atoms in total. The molecule has 0 aliphatic heterocycles. The third-order valence-electron chi connectivity index (χ3n) is 3.96. The van der Waals surface area contributed by atoms with Gasteiger partial charge in [0.2, 0.25) is 0 Å². The average molecular weight is 317 g/mol. The van der Waals surface area contributed by atoms with E-state index in [9.17, 15) is 9.59 Å². The number of amides is 1. The molecule has 3 rings (SSSR count). The quantitative estimate of drug-likeness (QED) is 0.696. The first-order chi connectivity index (χ1) is 10.6. The molecule has 2 heterocycles. The Morgan fingerprint density at radius 2 is 2.14 bits per heavy atom. The van der Waals surface area contributed by atoms with Crippen molar-refractivity contribution in [3.63, 3.8) is 0 Å². The second-order valence-electron chi connectivity index (χ2n) is 5.66. The van der Waals surface area contributed by atoms with Gasteiger partial charge in [-0.15, -0.1) is 11.3 Å². The Bertz CT molecular complexity index is 693. The number of aryl methyl sites for hydroxylation is 3. The molecule has 2 aromatic heterocycles. The molecule has 0 saturated heterocycles. The number of Topliss-reactive ketones (excluding diaryl/α,β-unsaturated/α-hetero) is 1. The lowest BCUT2D eigenvalue weighted by Gasteiger charge is -2.10. The van der Waals surface area contributed by atoms with Crippen molar-refractivity contribution in [2.45, 2.75) is 38.6 Å². The first-order valence-corrected chi connectivity index (χ1v) is 8.33. The lowest BCUT2D eigenvalue weighted by molar-refractivity contribution is -0.117. The number of hydrogen-bond acceptors (Lipinski definition) is 4. The van der Waals surface area contributed by atoms with Crippen LogP contribution in [0.5, 0.6) is 0 Å². The minimum atomic E-state index is -0.581. The van der Waals surface area contributed by atoms with Crippen molar-refractivity contribution < 1.29 is 9.59 Å². The van der Waals surface area contributed by atoms with E-state index >= 15 is 0 Å². The molecule has 1 atom stereocenters. The number of nitrogens with zero attached hydrogens (tertiary/aromatic N) is 2. The summed E-state index contributed by atoms with van der Waals surface area (Å²) in [5, 5.41) is 3.66. The summed E-state index contributed by atoms with van der Waals surface area (Å²) in [6.45, 7) is 1.88. The minimum absolute atomic E-state index is 0.243. The summed E-state index contributed by atoms with van der Waals surface area (Å²) >= 11 is 1.66. The zero-order valence-corrected chi connectivity index (χ0v) is 13.6. The Balaban J connectivity index is 1.70. The van der Waals surface area contributed by atoms with Crippen LogP contribution in [-0.4, -0.2) is 21.2 Å². The molecule has 0 aromatic carbocycles. The Morgan fingerprint density at radius 1 is 1.36 bits per heavy atom. The second-order valence-corrected chi connectivity index (χ2v) is 6.77. The van der Waals surface area contributed by atoms with E-state index < -0.39 is 11.7 Å². The maximum Gasteiger partial charge on any atom is 0.294 e. The van der Waals surface area contributed by atoms with Crippen molar-refractivity contribution in [1.82, 2.24) is 14.9 Å². The fourth-order valence-corrected chi connectivity index (χ4v) is 3.85.